The predicted octanol–water partition coefficient (Wildman–Crippen LogP) is 5.64. The minimum Gasteiger partial charge on any atom is -0.494 e. The van der Waals surface area contributed by atoms with Gasteiger partial charge < -0.3 is 10.4 Å². The Labute approximate surface area is 165 Å². The third-order valence-electron chi connectivity index (χ3n) is 5.04. The third kappa shape index (κ3) is 3.46. The zero-order chi connectivity index (χ0) is 19.7. The minimum atomic E-state index is 0.0511. The molecule has 0 aliphatic carbocycles. The SMILES string of the molecule is CC(C)(C)c1cccc(-n2cc3cccc(NCc4ccncc4)c3c2O)c1. The Kier molecular flexibility index (Phi) is 4.55. The van der Waals surface area contributed by atoms with Gasteiger partial charge in [0.15, 0.2) is 0 Å². The molecule has 0 bridgehead atoms. The van der Waals surface area contributed by atoms with E-state index in [9.17, 15) is 5.11 Å². The molecule has 0 aliphatic rings. The summed E-state index contributed by atoms with van der Waals surface area (Å²) in [6.45, 7) is 7.25. The van der Waals surface area contributed by atoms with Crippen molar-refractivity contribution in [3.8, 4) is 11.6 Å². The van der Waals surface area contributed by atoms with Gasteiger partial charge in [-0.3, -0.25) is 9.55 Å². The number of nitrogens with one attached hydrogen (secondary N) is 1. The summed E-state index contributed by atoms with van der Waals surface area (Å²) in [5, 5.41) is 16.3. The summed E-state index contributed by atoms with van der Waals surface area (Å²) in [5.41, 5.74) is 4.30. The molecule has 0 saturated heterocycles. The molecule has 4 rings (SSSR count). The average Bonchev–Trinajstić information content (AvgIpc) is 3.04. The Morgan fingerprint density at radius 1 is 1.00 bits per heavy atom. The number of fused-ring (bicyclic) bond motifs is 1. The summed E-state index contributed by atoms with van der Waals surface area (Å²) in [7, 11) is 0. The summed E-state index contributed by atoms with van der Waals surface area (Å²) >= 11 is 0. The van der Waals surface area contributed by atoms with Crippen LogP contribution in [0.15, 0.2) is 73.2 Å². The van der Waals surface area contributed by atoms with Gasteiger partial charge in [0.2, 0.25) is 5.88 Å². The lowest BCUT2D eigenvalue weighted by atomic mass is 9.87. The van der Waals surface area contributed by atoms with Crippen LogP contribution >= 0.6 is 0 Å². The fraction of sp³-hybridized carbons (Fsp3) is 0.208. The Bertz CT molecular complexity index is 1110. The van der Waals surface area contributed by atoms with Gasteiger partial charge in [-0.15, -0.1) is 0 Å². The number of aromatic nitrogens is 2. The Balaban J connectivity index is 1.73. The third-order valence-corrected chi connectivity index (χ3v) is 5.04. The number of anilines is 1. The maximum Gasteiger partial charge on any atom is 0.205 e. The zero-order valence-corrected chi connectivity index (χ0v) is 16.5. The first-order valence-corrected chi connectivity index (χ1v) is 9.50. The molecule has 0 amide bonds. The summed E-state index contributed by atoms with van der Waals surface area (Å²) < 4.78 is 1.86. The molecule has 28 heavy (non-hydrogen) atoms. The van der Waals surface area contributed by atoms with E-state index in [0.29, 0.717) is 6.54 Å². The normalized spacial score (nSPS) is 11.7. The van der Waals surface area contributed by atoms with Crippen molar-refractivity contribution in [1.82, 2.24) is 9.55 Å². The summed E-state index contributed by atoms with van der Waals surface area (Å²) in [5.74, 6) is 0.249. The number of aromatic hydroxyl groups is 1. The van der Waals surface area contributed by atoms with Crippen molar-refractivity contribution in [3.05, 3.63) is 84.3 Å². The molecule has 0 fully saturated rings. The van der Waals surface area contributed by atoms with Crippen molar-refractivity contribution in [3.63, 3.8) is 0 Å². The lowest BCUT2D eigenvalue weighted by molar-refractivity contribution is 0.448. The highest BCUT2D eigenvalue weighted by Crippen LogP contribution is 2.36. The van der Waals surface area contributed by atoms with Gasteiger partial charge in [0.1, 0.15) is 0 Å². The number of hydrogen-bond donors (Lipinski definition) is 2. The number of nitrogens with zero attached hydrogens (tertiary/aromatic N) is 2. The van der Waals surface area contributed by atoms with Crippen LogP contribution in [0.3, 0.4) is 0 Å². The van der Waals surface area contributed by atoms with Gasteiger partial charge in [0.25, 0.3) is 0 Å². The standard InChI is InChI=1S/C24H25N3O/c1-24(2,3)19-7-5-8-20(14-19)27-16-18-6-4-9-21(22(18)23(27)28)26-15-17-10-12-25-13-11-17/h4-14,16,26,28H,15H2,1-3H3. The van der Waals surface area contributed by atoms with Crippen LogP contribution < -0.4 is 5.32 Å². The van der Waals surface area contributed by atoms with Crippen LogP contribution in [-0.4, -0.2) is 14.7 Å². The summed E-state index contributed by atoms with van der Waals surface area (Å²) in [6, 6.07) is 18.3. The van der Waals surface area contributed by atoms with Crippen molar-refractivity contribution < 1.29 is 5.11 Å². The smallest absolute Gasteiger partial charge is 0.205 e. The molecule has 0 atom stereocenters. The first-order chi connectivity index (χ1) is 13.4. The van der Waals surface area contributed by atoms with Crippen LogP contribution in [0.25, 0.3) is 16.5 Å². The molecule has 0 saturated carbocycles. The molecule has 4 nitrogen and oxygen atoms in total. The van der Waals surface area contributed by atoms with E-state index < -0.39 is 0 Å². The molecule has 4 aromatic rings. The highest BCUT2D eigenvalue weighted by molar-refractivity contribution is 5.99. The van der Waals surface area contributed by atoms with Crippen molar-refractivity contribution >= 4 is 16.5 Å². The van der Waals surface area contributed by atoms with E-state index in [4.69, 9.17) is 0 Å². The lowest BCUT2D eigenvalue weighted by Crippen LogP contribution is -2.11. The number of rotatable bonds is 4. The van der Waals surface area contributed by atoms with Crippen LogP contribution in [0.4, 0.5) is 5.69 Å². The van der Waals surface area contributed by atoms with Crippen LogP contribution in [0.1, 0.15) is 31.9 Å². The number of benzene rings is 2. The number of hydrogen-bond acceptors (Lipinski definition) is 3. The quantitative estimate of drug-likeness (QED) is 0.488. The maximum atomic E-state index is 11.0. The van der Waals surface area contributed by atoms with E-state index >= 15 is 0 Å². The second-order valence-corrected chi connectivity index (χ2v) is 8.10. The minimum absolute atomic E-state index is 0.0511. The molecular weight excluding hydrogens is 346 g/mol. The fourth-order valence-electron chi connectivity index (χ4n) is 3.41. The topological polar surface area (TPSA) is 50.1 Å². The van der Waals surface area contributed by atoms with Gasteiger partial charge in [-0.25, -0.2) is 0 Å². The van der Waals surface area contributed by atoms with Gasteiger partial charge in [-0.1, -0.05) is 45.0 Å². The Hall–Kier alpha value is -3.27. The van der Waals surface area contributed by atoms with Crippen LogP contribution in [-0.2, 0) is 12.0 Å². The first-order valence-electron chi connectivity index (χ1n) is 9.50. The number of pyridine rings is 1. The molecule has 2 N–H and O–H groups in total. The molecule has 0 unspecified atom stereocenters. The summed E-state index contributed by atoms with van der Waals surface area (Å²) in [4.78, 5) is 4.05. The molecule has 2 heterocycles. The highest BCUT2D eigenvalue weighted by atomic mass is 16.3. The van der Waals surface area contributed by atoms with Crippen molar-refractivity contribution in [2.24, 2.45) is 0 Å². The molecule has 2 aromatic heterocycles. The van der Waals surface area contributed by atoms with Crippen LogP contribution in [0, 0.1) is 0 Å². The van der Waals surface area contributed by atoms with Gasteiger partial charge in [0.05, 0.1) is 5.39 Å². The van der Waals surface area contributed by atoms with E-state index in [2.05, 4.69) is 43.2 Å². The van der Waals surface area contributed by atoms with E-state index in [0.717, 1.165) is 27.7 Å². The lowest BCUT2D eigenvalue weighted by Gasteiger charge is -2.20. The monoisotopic (exact) mass is 371 g/mol. The predicted molar refractivity (Wildman–Crippen MR) is 115 cm³/mol. The van der Waals surface area contributed by atoms with Crippen LogP contribution in [0.5, 0.6) is 5.88 Å². The molecule has 0 radical (unpaired) electrons. The van der Waals surface area contributed by atoms with E-state index in [1.54, 1.807) is 12.4 Å². The zero-order valence-electron chi connectivity index (χ0n) is 16.5. The molecule has 142 valence electrons. The highest BCUT2D eigenvalue weighted by Gasteiger charge is 2.17. The van der Waals surface area contributed by atoms with Crippen molar-refractivity contribution in [2.45, 2.75) is 32.7 Å². The largest absolute Gasteiger partial charge is 0.494 e. The van der Waals surface area contributed by atoms with Crippen molar-refractivity contribution in [2.75, 3.05) is 5.32 Å². The first kappa shape index (κ1) is 18.1. The van der Waals surface area contributed by atoms with E-state index in [-0.39, 0.29) is 11.3 Å². The van der Waals surface area contributed by atoms with Crippen LogP contribution in [0.2, 0.25) is 0 Å². The second-order valence-electron chi connectivity index (χ2n) is 8.10. The Morgan fingerprint density at radius 2 is 1.75 bits per heavy atom. The molecular formula is C24H25N3O. The second kappa shape index (κ2) is 7.04. The molecule has 4 heteroatoms. The van der Waals surface area contributed by atoms with E-state index in [1.807, 2.05) is 53.2 Å². The van der Waals surface area contributed by atoms with Gasteiger partial charge in [-0.2, -0.15) is 0 Å². The molecule has 2 aromatic carbocycles. The fourth-order valence-corrected chi connectivity index (χ4v) is 3.41. The Morgan fingerprint density at radius 3 is 2.50 bits per heavy atom. The van der Waals surface area contributed by atoms with Crippen molar-refractivity contribution in [1.29, 1.82) is 0 Å². The molecule has 0 spiro atoms. The average molecular weight is 371 g/mol. The van der Waals surface area contributed by atoms with Gasteiger partial charge in [-0.05, 0) is 46.9 Å². The van der Waals surface area contributed by atoms with E-state index in [1.165, 1.54) is 5.56 Å². The summed E-state index contributed by atoms with van der Waals surface area (Å²) in [6.07, 6.45) is 5.56. The molecule has 0 aliphatic heterocycles. The maximum absolute atomic E-state index is 11.0. The van der Waals surface area contributed by atoms with Gasteiger partial charge >= 0.3 is 0 Å². The van der Waals surface area contributed by atoms with Gasteiger partial charge in [0, 0.05) is 41.9 Å².